The number of nitrogens with zero attached hydrogens (tertiary/aromatic N) is 1. The Bertz CT molecular complexity index is 508. The third kappa shape index (κ3) is 3.43. The Morgan fingerprint density at radius 1 is 1.33 bits per heavy atom. The molecule has 1 aliphatic heterocycles. The number of carbonyl (C=O) groups is 2. The molecule has 1 fully saturated rings. The highest BCUT2D eigenvalue weighted by molar-refractivity contribution is 5.89. The molecular formula is C17H24N2O2. The summed E-state index contributed by atoms with van der Waals surface area (Å²) >= 11 is 0. The van der Waals surface area contributed by atoms with E-state index in [1.807, 2.05) is 31.2 Å². The molecule has 0 spiro atoms. The Kier molecular flexibility index (Phi) is 4.99. The highest BCUT2D eigenvalue weighted by Crippen LogP contribution is 2.26. The minimum absolute atomic E-state index is 0.0605. The van der Waals surface area contributed by atoms with Crippen molar-refractivity contribution in [3.05, 3.63) is 35.4 Å². The van der Waals surface area contributed by atoms with E-state index in [4.69, 9.17) is 0 Å². The molecule has 0 aliphatic carbocycles. The molecule has 4 heteroatoms. The second-order valence-electron chi connectivity index (χ2n) is 5.85. The smallest absolute Gasteiger partial charge is 0.247 e. The van der Waals surface area contributed by atoms with Crippen molar-refractivity contribution in [1.29, 1.82) is 0 Å². The first kappa shape index (κ1) is 15.5. The molecule has 1 unspecified atom stereocenters. The van der Waals surface area contributed by atoms with Gasteiger partial charge in [0.15, 0.2) is 0 Å². The van der Waals surface area contributed by atoms with E-state index < -0.39 is 6.04 Å². The Labute approximate surface area is 126 Å². The van der Waals surface area contributed by atoms with Crippen molar-refractivity contribution in [2.24, 2.45) is 0 Å². The van der Waals surface area contributed by atoms with Gasteiger partial charge in [0.1, 0.15) is 6.04 Å². The minimum atomic E-state index is -0.487. The van der Waals surface area contributed by atoms with Crippen LogP contribution in [0.25, 0.3) is 0 Å². The molecule has 0 bridgehead atoms. The molecule has 114 valence electrons. The highest BCUT2D eigenvalue weighted by atomic mass is 16.2. The van der Waals surface area contributed by atoms with Gasteiger partial charge >= 0.3 is 0 Å². The first-order valence-electron chi connectivity index (χ1n) is 7.71. The molecule has 2 rings (SSSR count). The van der Waals surface area contributed by atoms with Crippen molar-refractivity contribution >= 4 is 11.8 Å². The van der Waals surface area contributed by atoms with E-state index in [2.05, 4.69) is 19.2 Å². The summed E-state index contributed by atoms with van der Waals surface area (Å²) in [7, 11) is 0. The summed E-state index contributed by atoms with van der Waals surface area (Å²) in [5.74, 6) is 0.436. The van der Waals surface area contributed by atoms with Crippen molar-refractivity contribution in [1.82, 2.24) is 10.2 Å². The van der Waals surface area contributed by atoms with E-state index in [-0.39, 0.29) is 11.8 Å². The number of nitrogens with one attached hydrogen (secondary N) is 1. The Balaban J connectivity index is 2.27. The van der Waals surface area contributed by atoms with Gasteiger partial charge < -0.3 is 10.2 Å². The molecule has 1 N–H and O–H groups in total. The quantitative estimate of drug-likeness (QED) is 0.926. The lowest BCUT2D eigenvalue weighted by Gasteiger charge is -2.35. The molecule has 2 amide bonds. The molecule has 1 heterocycles. The predicted molar refractivity (Wildman–Crippen MR) is 82.9 cm³/mol. The number of hydrogen-bond donors (Lipinski definition) is 1. The van der Waals surface area contributed by atoms with Gasteiger partial charge in [-0.25, -0.2) is 0 Å². The summed E-state index contributed by atoms with van der Waals surface area (Å²) in [5, 5.41) is 2.86. The fourth-order valence-corrected chi connectivity index (χ4v) is 2.69. The van der Waals surface area contributed by atoms with Crippen molar-refractivity contribution in [2.75, 3.05) is 13.1 Å². The van der Waals surface area contributed by atoms with Crippen molar-refractivity contribution in [3.8, 4) is 0 Å². The second-order valence-corrected chi connectivity index (χ2v) is 5.85. The zero-order valence-electron chi connectivity index (χ0n) is 13.1. The van der Waals surface area contributed by atoms with Crippen LogP contribution in [-0.2, 0) is 9.59 Å². The van der Waals surface area contributed by atoms with Gasteiger partial charge in [0.05, 0.1) is 0 Å². The summed E-state index contributed by atoms with van der Waals surface area (Å²) in [4.78, 5) is 26.2. The zero-order valence-corrected chi connectivity index (χ0v) is 13.1. The maximum Gasteiger partial charge on any atom is 0.247 e. The number of amides is 2. The third-order valence-electron chi connectivity index (χ3n) is 3.92. The van der Waals surface area contributed by atoms with Crippen molar-refractivity contribution in [3.63, 3.8) is 0 Å². The van der Waals surface area contributed by atoms with Crippen molar-refractivity contribution in [2.45, 2.75) is 45.6 Å². The largest absolute Gasteiger partial charge is 0.352 e. The lowest BCUT2D eigenvalue weighted by molar-refractivity contribution is -0.143. The van der Waals surface area contributed by atoms with Gasteiger partial charge in [-0.05, 0) is 23.5 Å². The molecule has 21 heavy (non-hydrogen) atoms. The molecule has 0 saturated carbocycles. The monoisotopic (exact) mass is 288 g/mol. The molecule has 1 aromatic carbocycles. The van der Waals surface area contributed by atoms with Gasteiger partial charge in [-0.15, -0.1) is 0 Å². The zero-order chi connectivity index (χ0) is 15.4. The van der Waals surface area contributed by atoms with Gasteiger partial charge in [-0.2, -0.15) is 0 Å². The number of piperazine rings is 1. The van der Waals surface area contributed by atoms with Crippen LogP contribution in [0, 0.1) is 0 Å². The van der Waals surface area contributed by atoms with Crippen LogP contribution in [0.15, 0.2) is 24.3 Å². The van der Waals surface area contributed by atoms with Crippen LogP contribution in [0.2, 0.25) is 0 Å². The Morgan fingerprint density at radius 2 is 2.00 bits per heavy atom. The average Bonchev–Trinajstić information content (AvgIpc) is 2.47. The van der Waals surface area contributed by atoms with Crippen LogP contribution in [0.1, 0.15) is 56.7 Å². The maximum atomic E-state index is 12.2. The van der Waals surface area contributed by atoms with Crippen LogP contribution in [-0.4, -0.2) is 29.8 Å². The number of carbonyl (C=O) groups excluding carboxylic acids is 2. The summed E-state index contributed by atoms with van der Waals surface area (Å²) < 4.78 is 0. The summed E-state index contributed by atoms with van der Waals surface area (Å²) in [6, 6.07) is 7.54. The van der Waals surface area contributed by atoms with Crippen LogP contribution >= 0.6 is 0 Å². The van der Waals surface area contributed by atoms with Crippen molar-refractivity contribution < 1.29 is 9.59 Å². The SMILES string of the molecule is CCCC(=O)N1CCNC(=O)C1c1ccc(C(C)C)cc1. The standard InChI is InChI=1S/C17H24N2O2/c1-4-5-15(20)19-11-10-18-17(21)16(19)14-8-6-13(7-9-14)12(2)3/h6-9,12,16H,4-5,10-11H2,1-3H3,(H,18,21). The molecule has 1 aliphatic rings. The number of hydrogen-bond acceptors (Lipinski definition) is 2. The van der Waals surface area contributed by atoms with E-state index in [1.54, 1.807) is 4.90 Å². The van der Waals surface area contributed by atoms with Gasteiger partial charge in [0.25, 0.3) is 0 Å². The van der Waals surface area contributed by atoms with Crippen LogP contribution in [0.3, 0.4) is 0 Å². The van der Waals surface area contributed by atoms with Crippen LogP contribution in [0.5, 0.6) is 0 Å². The van der Waals surface area contributed by atoms with Crippen LogP contribution < -0.4 is 5.32 Å². The number of rotatable bonds is 4. The van der Waals surface area contributed by atoms with E-state index in [0.29, 0.717) is 25.4 Å². The van der Waals surface area contributed by atoms with E-state index in [9.17, 15) is 9.59 Å². The lowest BCUT2D eigenvalue weighted by Crippen LogP contribution is -2.52. The van der Waals surface area contributed by atoms with E-state index >= 15 is 0 Å². The fourth-order valence-electron chi connectivity index (χ4n) is 2.69. The molecule has 4 nitrogen and oxygen atoms in total. The Hall–Kier alpha value is -1.84. The van der Waals surface area contributed by atoms with E-state index in [0.717, 1.165) is 12.0 Å². The second kappa shape index (κ2) is 6.74. The highest BCUT2D eigenvalue weighted by Gasteiger charge is 2.33. The molecule has 0 radical (unpaired) electrons. The lowest BCUT2D eigenvalue weighted by atomic mass is 9.97. The third-order valence-corrected chi connectivity index (χ3v) is 3.92. The average molecular weight is 288 g/mol. The van der Waals surface area contributed by atoms with Gasteiger partial charge in [0.2, 0.25) is 11.8 Å². The summed E-state index contributed by atoms with van der Waals surface area (Å²) in [6.07, 6.45) is 1.30. The molecule has 1 aromatic rings. The first-order valence-corrected chi connectivity index (χ1v) is 7.71. The Morgan fingerprint density at radius 3 is 2.57 bits per heavy atom. The first-order chi connectivity index (χ1) is 10.0. The molecule has 1 atom stereocenters. The summed E-state index contributed by atoms with van der Waals surface area (Å²) in [5.41, 5.74) is 2.13. The van der Waals surface area contributed by atoms with E-state index in [1.165, 1.54) is 5.56 Å². The summed E-state index contributed by atoms with van der Waals surface area (Å²) in [6.45, 7) is 7.38. The normalized spacial score (nSPS) is 18.8. The van der Waals surface area contributed by atoms with Gasteiger partial charge in [0, 0.05) is 19.5 Å². The van der Waals surface area contributed by atoms with Crippen LogP contribution in [0.4, 0.5) is 0 Å². The molecule has 0 aromatic heterocycles. The minimum Gasteiger partial charge on any atom is -0.352 e. The maximum absolute atomic E-state index is 12.2. The molecule has 1 saturated heterocycles. The topological polar surface area (TPSA) is 49.4 Å². The molecular weight excluding hydrogens is 264 g/mol. The fraction of sp³-hybridized carbons (Fsp3) is 0.529. The van der Waals surface area contributed by atoms with Gasteiger partial charge in [-0.3, -0.25) is 9.59 Å². The number of benzene rings is 1. The van der Waals surface area contributed by atoms with Gasteiger partial charge in [-0.1, -0.05) is 45.0 Å². The predicted octanol–water partition coefficient (Wildman–Crippen LogP) is 2.61.